The van der Waals surface area contributed by atoms with Crippen molar-refractivity contribution in [2.45, 2.75) is 31.2 Å². The Labute approximate surface area is 176 Å². The van der Waals surface area contributed by atoms with Crippen molar-refractivity contribution >= 4 is 12.2 Å². The Kier molecular flexibility index (Phi) is 9.61. The van der Waals surface area contributed by atoms with Crippen LogP contribution in [0.2, 0.25) is 0 Å². The molecule has 30 heavy (non-hydrogen) atoms. The Morgan fingerprint density at radius 2 is 1.90 bits per heavy atom. The van der Waals surface area contributed by atoms with Gasteiger partial charge in [0.1, 0.15) is 12.1 Å². The van der Waals surface area contributed by atoms with Crippen molar-refractivity contribution in [3.63, 3.8) is 0 Å². The van der Waals surface area contributed by atoms with E-state index in [1.165, 1.54) is 25.5 Å². The molecule has 1 saturated carbocycles. The molecule has 168 valence electrons. The van der Waals surface area contributed by atoms with E-state index in [9.17, 15) is 13.6 Å². The largest absolute Gasteiger partial charge is 0.489 e. The zero-order chi connectivity index (χ0) is 22.0. The lowest BCUT2D eigenvalue weighted by Gasteiger charge is -2.26. The molecule has 0 atom stereocenters. The number of methoxy groups -OCH3 is 2. The number of hydrogen-bond acceptors (Lipinski definition) is 7. The molecule has 7 nitrogen and oxygen atoms in total. The van der Waals surface area contributed by atoms with Gasteiger partial charge in [-0.05, 0) is 32.0 Å². The second kappa shape index (κ2) is 11.9. The van der Waals surface area contributed by atoms with Crippen molar-refractivity contribution in [1.29, 1.82) is 0 Å². The van der Waals surface area contributed by atoms with E-state index in [0.717, 1.165) is 19.4 Å². The van der Waals surface area contributed by atoms with Gasteiger partial charge >= 0.3 is 5.97 Å². The lowest BCUT2D eigenvalue weighted by Crippen LogP contribution is -2.50. The molecule has 2 rings (SSSR count). The standard InChI is InChI=1S/C21H31F2N3O4/c1-26(10-12-28-2)11-13-30-17-7-6-16(18(22)19(17)23)14-24-15-25-21(20(27)29-3)8-4-5-9-21/h6-7,14,25H,4-5,8-13,15H2,1-3H3/b24-14+. The molecular weight excluding hydrogens is 396 g/mol. The van der Waals surface area contributed by atoms with Crippen LogP contribution in [0.1, 0.15) is 31.2 Å². The Bertz CT molecular complexity index is 724. The molecule has 0 unspecified atom stereocenters. The average Bonchev–Trinajstić information content (AvgIpc) is 3.23. The third-order valence-corrected chi connectivity index (χ3v) is 5.26. The summed E-state index contributed by atoms with van der Waals surface area (Å²) < 4.78 is 43.8. The van der Waals surface area contributed by atoms with Gasteiger partial charge in [0.15, 0.2) is 11.6 Å². The number of carbonyl (C=O) groups is 1. The zero-order valence-corrected chi connectivity index (χ0v) is 17.9. The van der Waals surface area contributed by atoms with Gasteiger partial charge in [0.25, 0.3) is 0 Å². The summed E-state index contributed by atoms with van der Waals surface area (Å²) in [7, 11) is 4.87. The summed E-state index contributed by atoms with van der Waals surface area (Å²) in [6.45, 7) is 2.19. The van der Waals surface area contributed by atoms with Crippen molar-refractivity contribution in [3.05, 3.63) is 29.3 Å². The predicted octanol–water partition coefficient (Wildman–Crippen LogP) is 2.37. The SMILES string of the molecule is COCCN(C)CCOc1ccc(/C=N/CNC2(C(=O)OC)CCCC2)c(F)c1F. The quantitative estimate of drug-likeness (QED) is 0.408. The Morgan fingerprint density at radius 3 is 2.57 bits per heavy atom. The molecule has 0 saturated heterocycles. The first-order valence-corrected chi connectivity index (χ1v) is 10.0. The topological polar surface area (TPSA) is 72.4 Å². The van der Waals surface area contributed by atoms with E-state index in [2.05, 4.69) is 10.3 Å². The van der Waals surface area contributed by atoms with E-state index in [1.54, 1.807) is 7.11 Å². The number of carbonyl (C=O) groups excluding carboxylic acids is 1. The molecule has 1 aliphatic carbocycles. The number of rotatable bonds is 12. The van der Waals surface area contributed by atoms with Crippen LogP contribution in [-0.2, 0) is 14.3 Å². The minimum absolute atomic E-state index is 0.0115. The normalized spacial score (nSPS) is 15.8. The van der Waals surface area contributed by atoms with Crippen LogP contribution >= 0.6 is 0 Å². The van der Waals surface area contributed by atoms with Crippen LogP contribution in [0.25, 0.3) is 0 Å². The molecule has 0 bridgehead atoms. The molecule has 0 amide bonds. The number of ether oxygens (including phenoxy) is 3. The minimum atomic E-state index is -1.05. The lowest BCUT2D eigenvalue weighted by atomic mass is 9.98. The summed E-state index contributed by atoms with van der Waals surface area (Å²) in [6.07, 6.45) is 4.44. The maximum absolute atomic E-state index is 14.3. The van der Waals surface area contributed by atoms with Crippen LogP contribution in [-0.4, -0.2) is 76.9 Å². The highest BCUT2D eigenvalue weighted by molar-refractivity contribution is 5.82. The molecule has 1 aromatic rings. The Hall–Kier alpha value is -2.10. The van der Waals surface area contributed by atoms with Gasteiger partial charge in [-0.2, -0.15) is 4.39 Å². The Morgan fingerprint density at radius 1 is 1.20 bits per heavy atom. The molecule has 0 heterocycles. The van der Waals surface area contributed by atoms with Crippen molar-refractivity contribution < 1.29 is 27.8 Å². The highest BCUT2D eigenvalue weighted by atomic mass is 19.2. The number of nitrogens with one attached hydrogen (secondary N) is 1. The van der Waals surface area contributed by atoms with Crippen molar-refractivity contribution in [1.82, 2.24) is 10.2 Å². The number of aliphatic imine (C=N–C) groups is 1. The third kappa shape index (κ3) is 6.45. The average molecular weight is 427 g/mol. The third-order valence-electron chi connectivity index (χ3n) is 5.26. The van der Waals surface area contributed by atoms with Crippen LogP contribution in [0.5, 0.6) is 5.75 Å². The fourth-order valence-corrected chi connectivity index (χ4v) is 3.40. The van der Waals surface area contributed by atoms with Gasteiger partial charge in [0, 0.05) is 32.0 Å². The van der Waals surface area contributed by atoms with Crippen molar-refractivity contribution in [2.75, 3.05) is 54.2 Å². The number of nitrogens with zero attached hydrogens (tertiary/aromatic N) is 2. The fourth-order valence-electron chi connectivity index (χ4n) is 3.40. The van der Waals surface area contributed by atoms with E-state index < -0.39 is 17.2 Å². The van der Waals surface area contributed by atoms with Gasteiger partial charge in [-0.3, -0.25) is 15.1 Å². The van der Waals surface area contributed by atoms with E-state index >= 15 is 0 Å². The molecule has 1 N–H and O–H groups in total. The molecule has 0 spiro atoms. The Balaban J connectivity index is 1.89. The maximum atomic E-state index is 14.3. The predicted molar refractivity (Wildman–Crippen MR) is 110 cm³/mol. The molecule has 9 heteroatoms. The van der Waals surface area contributed by atoms with Crippen LogP contribution in [0, 0.1) is 11.6 Å². The highest BCUT2D eigenvalue weighted by Crippen LogP contribution is 2.30. The number of esters is 1. The second-order valence-electron chi connectivity index (χ2n) is 7.35. The number of benzene rings is 1. The minimum Gasteiger partial charge on any atom is -0.489 e. The van der Waals surface area contributed by atoms with Gasteiger partial charge < -0.3 is 19.1 Å². The first-order chi connectivity index (χ1) is 14.4. The smallest absolute Gasteiger partial charge is 0.326 e. The van der Waals surface area contributed by atoms with Gasteiger partial charge in [-0.25, -0.2) is 4.39 Å². The summed E-state index contributed by atoms with van der Waals surface area (Å²) in [4.78, 5) is 18.1. The molecule has 1 aromatic carbocycles. The summed E-state index contributed by atoms with van der Waals surface area (Å²) in [6, 6.07) is 2.80. The summed E-state index contributed by atoms with van der Waals surface area (Å²) in [5, 5.41) is 3.09. The number of likely N-dealkylation sites (N-methyl/N-ethyl adjacent to an activating group) is 1. The van der Waals surface area contributed by atoms with E-state index in [1.807, 2.05) is 11.9 Å². The van der Waals surface area contributed by atoms with Gasteiger partial charge in [0.2, 0.25) is 5.82 Å². The van der Waals surface area contributed by atoms with Gasteiger partial charge in [-0.15, -0.1) is 0 Å². The van der Waals surface area contributed by atoms with Crippen molar-refractivity contribution in [3.8, 4) is 5.75 Å². The fraction of sp³-hybridized carbons (Fsp3) is 0.619. The molecule has 1 fully saturated rings. The van der Waals surface area contributed by atoms with Crippen LogP contribution in [0.3, 0.4) is 0 Å². The summed E-state index contributed by atoms with van der Waals surface area (Å²) in [5.41, 5.74) is -0.735. The summed E-state index contributed by atoms with van der Waals surface area (Å²) in [5.74, 6) is -2.53. The maximum Gasteiger partial charge on any atom is 0.326 e. The zero-order valence-electron chi connectivity index (χ0n) is 17.9. The molecular formula is C21H31F2N3O4. The number of hydrogen-bond donors (Lipinski definition) is 1. The van der Waals surface area contributed by atoms with E-state index in [0.29, 0.717) is 26.0 Å². The molecule has 0 aliphatic heterocycles. The monoisotopic (exact) mass is 427 g/mol. The van der Waals surface area contributed by atoms with Gasteiger partial charge in [-0.1, -0.05) is 12.8 Å². The lowest BCUT2D eigenvalue weighted by molar-refractivity contribution is -0.148. The van der Waals surface area contributed by atoms with Crippen molar-refractivity contribution in [2.24, 2.45) is 4.99 Å². The number of halogens is 2. The van der Waals surface area contributed by atoms with E-state index in [-0.39, 0.29) is 30.6 Å². The first-order valence-electron chi connectivity index (χ1n) is 10.0. The second-order valence-corrected chi connectivity index (χ2v) is 7.35. The van der Waals surface area contributed by atoms with Crippen LogP contribution in [0.4, 0.5) is 8.78 Å². The summed E-state index contributed by atoms with van der Waals surface area (Å²) >= 11 is 0. The molecule has 0 radical (unpaired) electrons. The first kappa shape index (κ1) is 24.2. The van der Waals surface area contributed by atoms with Crippen LogP contribution < -0.4 is 10.1 Å². The van der Waals surface area contributed by atoms with E-state index in [4.69, 9.17) is 14.2 Å². The van der Waals surface area contributed by atoms with Gasteiger partial charge in [0.05, 0.1) is 20.4 Å². The highest BCUT2D eigenvalue weighted by Gasteiger charge is 2.41. The molecule has 1 aliphatic rings. The molecule has 0 aromatic heterocycles. The van der Waals surface area contributed by atoms with Crippen LogP contribution in [0.15, 0.2) is 17.1 Å².